The molecule has 0 radical (unpaired) electrons. The second kappa shape index (κ2) is 11.1. The number of carboxylic acids is 1. The van der Waals surface area contributed by atoms with Gasteiger partial charge in [0.15, 0.2) is 5.96 Å². The monoisotopic (exact) mass is 450 g/mol. The van der Waals surface area contributed by atoms with E-state index in [0.29, 0.717) is 17.8 Å². The van der Waals surface area contributed by atoms with E-state index in [-0.39, 0.29) is 18.3 Å². The highest BCUT2D eigenvalue weighted by atomic mass is 32.1. The zero-order valence-electron chi connectivity index (χ0n) is 17.5. The number of nitrogens with zero attached hydrogens (tertiary/aromatic N) is 1. The number of nitrogens with one attached hydrogen (secondary N) is 1. The molecule has 8 heteroatoms. The van der Waals surface area contributed by atoms with Crippen LogP contribution in [-0.4, -0.2) is 35.5 Å². The van der Waals surface area contributed by atoms with Gasteiger partial charge in [-0.05, 0) is 36.1 Å². The van der Waals surface area contributed by atoms with E-state index < -0.39 is 17.9 Å². The second-order valence-corrected chi connectivity index (χ2v) is 8.38. The normalized spacial score (nSPS) is 11.7. The van der Waals surface area contributed by atoms with Crippen molar-refractivity contribution in [3.8, 4) is 0 Å². The molecule has 0 saturated carbocycles. The fourth-order valence-corrected chi connectivity index (χ4v) is 4.50. The third kappa shape index (κ3) is 6.18. The van der Waals surface area contributed by atoms with Crippen molar-refractivity contribution in [2.45, 2.75) is 24.8 Å². The molecule has 1 aromatic heterocycles. The molecule has 0 saturated heterocycles. The fraction of sp³-hybridized carbons (Fsp3) is 0.208. The number of hydrogen-bond acceptors (Lipinski definition) is 4. The van der Waals surface area contributed by atoms with Gasteiger partial charge < -0.3 is 21.9 Å². The van der Waals surface area contributed by atoms with Gasteiger partial charge in [-0.1, -0.05) is 60.7 Å². The number of carbonyl (C=O) groups excluding carboxylic acids is 1. The minimum Gasteiger partial charge on any atom is -0.480 e. The highest BCUT2D eigenvalue weighted by molar-refractivity contribution is 7.14. The maximum Gasteiger partial charge on any atom is 0.326 e. The maximum atomic E-state index is 12.8. The van der Waals surface area contributed by atoms with Gasteiger partial charge >= 0.3 is 5.97 Å². The van der Waals surface area contributed by atoms with Crippen LogP contribution in [-0.2, 0) is 4.79 Å². The molecule has 0 unspecified atom stereocenters. The number of hydrogen-bond donors (Lipinski definition) is 4. The number of carboxylic acid groups (broad SMARTS) is 1. The van der Waals surface area contributed by atoms with E-state index in [0.717, 1.165) is 16.0 Å². The van der Waals surface area contributed by atoms with Crippen LogP contribution >= 0.6 is 11.3 Å². The molecule has 3 rings (SSSR count). The van der Waals surface area contributed by atoms with Crippen molar-refractivity contribution >= 4 is 29.2 Å². The Morgan fingerprint density at radius 1 is 0.938 bits per heavy atom. The van der Waals surface area contributed by atoms with Crippen LogP contribution in [0, 0.1) is 0 Å². The summed E-state index contributed by atoms with van der Waals surface area (Å²) in [6, 6.07) is 22.8. The number of carbonyl (C=O) groups is 2. The van der Waals surface area contributed by atoms with Crippen LogP contribution in [0.4, 0.5) is 0 Å². The largest absolute Gasteiger partial charge is 0.480 e. The number of amides is 1. The molecule has 0 fully saturated rings. The number of aliphatic imine (C=N–C) groups is 1. The summed E-state index contributed by atoms with van der Waals surface area (Å²) < 4.78 is 0. The Morgan fingerprint density at radius 3 is 2.06 bits per heavy atom. The minimum absolute atomic E-state index is 0.0150. The Balaban J connectivity index is 1.77. The van der Waals surface area contributed by atoms with Crippen LogP contribution in [0.3, 0.4) is 0 Å². The third-order valence-corrected chi connectivity index (χ3v) is 6.10. The van der Waals surface area contributed by atoms with Crippen LogP contribution in [0.2, 0.25) is 0 Å². The number of guanidine groups is 1. The molecule has 2 aromatic carbocycles. The molecule has 166 valence electrons. The van der Waals surface area contributed by atoms with Gasteiger partial charge in [0.1, 0.15) is 6.04 Å². The molecule has 0 aliphatic carbocycles. The Bertz CT molecular complexity index is 1020. The molecular weight excluding hydrogens is 424 g/mol. The minimum atomic E-state index is -1.09. The van der Waals surface area contributed by atoms with Crippen LogP contribution in [0.15, 0.2) is 77.8 Å². The maximum absolute atomic E-state index is 12.8. The lowest BCUT2D eigenvalue weighted by Crippen LogP contribution is -2.40. The summed E-state index contributed by atoms with van der Waals surface area (Å²) in [6.45, 7) is 0.307. The van der Waals surface area contributed by atoms with Crippen molar-refractivity contribution in [1.82, 2.24) is 5.32 Å². The highest BCUT2D eigenvalue weighted by Gasteiger charge is 2.23. The molecule has 32 heavy (non-hydrogen) atoms. The van der Waals surface area contributed by atoms with Crippen LogP contribution in [0.5, 0.6) is 0 Å². The zero-order chi connectivity index (χ0) is 22.9. The first-order chi connectivity index (χ1) is 15.5. The van der Waals surface area contributed by atoms with Crippen molar-refractivity contribution in [2.24, 2.45) is 16.5 Å². The number of rotatable bonds is 10. The SMILES string of the molecule is NC(N)=NCCC[C@H](NC(=O)c1ccc(C(c2ccccc2)c2ccccc2)s1)C(=O)O. The lowest BCUT2D eigenvalue weighted by Gasteiger charge is -2.17. The average molecular weight is 451 g/mol. The summed E-state index contributed by atoms with van der Waals surface area (Å²) in [5.41, 5.74) is 12.8. The summed E-state index contributed by atoms with van der Waals surface area (Å²) in [5.74, 6) is -1.56. The Hall–Kier alpha value is -3.65. The quantitative estimate of drug-likeness (QED) is 0.214. The highest BCUT2D eigenvalue weighted by Crippen LogP contribution is 2.36. The molecule has 7 nitrogen and oxygen atoms in total. The standard InChI is InChI=1S/C24H26N4O3S/c25-24(26)27-15-7-12-18(23(30)31)28-22(29)20-14-13-19(32-20)21(16-8-3-1-4-9-16)17-10-5-2-6-11-17/h1-6,8-11,13-14,18,21H,7,12,15H2,(H,28,29)(H,30,31)(H4,25,26,27)/t18-/m0/s1. The molecule has 0 aliphatic rings. The van der Waals surface area contributed by atoms with E-state index in [4.69, 9.17) is 11.5 Å². The van der Waals surface area contributed by atoms with E-state index in [1.807, 2.05) is 42.5 Å². The van der Waals surface area contributed by atoms with E-state index in [9.17, 15) is 14.7 Å². The smallest absolute Gasteiger partial charge is 0.326 e. The molecule has 0 bridgehead atoms. The topological polar surface area (TPSA) is 131 Å². The Labute approximate surface area is 190 Å². The van der Waals surface area contributed by atoms with Gasteiger partial charge in [0, 0.05) is 17.3 Å². The predicted molar refractivity (Wildman–Crippen MR) is 127 cm³/mol. The van der Waals surface area contributed by atoms with Crippen molar-refractivity contribution in [3.63, 3.8) is 0 Å². The number of aliphatic carboxylic acids is 1. The van der Waals surface area contributed by atoms with E-state index >= 15 is 0 Å². The molecular formula is C24H26N4O3S. The molecule has 0 spiro atoms. The summed E-state index contributed by atoms with van der Waals surface area (Å²) in [6.07, 6.45) is 0.668. The van der Waals surface area contributed by atoms with Gasteiger partial charge in [-0.15, -0.1) is 11.3 Å². The molecule has 1 heterocycles. The second-order valence-electron chi connectivity index (χ2n) is 7.27. The van der Waals surface area contributed by atoms with Gasteiger partial charge in [-0.2, -0.15) is 0 Å². The van der Waals surface area contributed by atoms with Gasteiger partial charge in [0.2, 0.25) is 0 Å². The van der Waals surface area contributed by atoms with Gasteiger partial charge in [0.05, 0.1) is 4.88 Å². The molecule has 1 atom stereocenters. The Kier molecular flexibility index (Phi) is 7.99. The molecule has 6 N–H and O–H groups in total. The predicted octanol–water partition coefficient (Wildman–Crippen LogP) is 3.16. The van der Waals surface area contributed by atoms with E-state index in [1.165, 1.54) is 11.3 Å². The van der Waals surface area contributed by atoms with Crippen LogP contribution in [0.25, 0.3) is 0 Å². The number of thiophene rings is 1. The number of nitrogens with two attached hydrogens (primary N) is 2. The van der Waals surface area contributed by atoms with E-state index in [1.54, 1.807) is 6.07 Å². The lowest BCUT2D eigenvalue weighted by molar-refractivity contribution is -0.139. The van der Waals surface area contributed by atoms with E-state index in [2.05, 4.69) is 34.6 Å². The summed E-state index contributed by atoms with van der Waals surface area (Å²) in [5, 5.41) is 12.1. The van der Waals surface area contributed by atoms with Crippen LogP contribution in [0.1, 0.15) is 44.4 Å². The van der Waals surface area contributed by atoms with Gasteiger partial charge in [-0.3, -0.25) is 9.79 Å². The third-order valence-electron chi connectivity index (χ3n) is 4.95. The zero-order valence-corrected chi connectivity index (χ0v) is 18.3. The lowest BCUT2D eigenvalue weighted by atomic mass is 9.90. The van der Waals surface area contributed by atoms with Gasteiger partial charge in [0.25, 0.3) is 5.91 Å². The number of benzene rings is 2. The molecule has 1 amide bonds. The van der Waals surface area contributed by atoms with Crippen LogP contribution < -0.4 is 16.8 Å². The summed E-state index contributed by atoms with van der Waals surface area (Å²) in [7, 11) is 0. The first-order valence-electron chi connectivity index (χ1n) is 10.2. The Morgan fingerprint density at radius 2 is 1.53 bits per heavy atom. The fourth-order valence-electron chi connectivity index (χ4n) is 3.43. The first-order valence-corrected chi connectivity index (χ1v) is 11.1. The first kappa shape index (κ1) is 23.0. The van der Waals surface area contributed by atoms with Crippen molar-refractivity contribution in [3.05, 3.63) is 93.7 Å². The van der Waals surface area contributed by atoms with Gasteiger partial charge in [-0.25, -0.2) is 4.79 Å². The molecule has 3 aromatic rings. The summed E-state index contributed by atoms with van der Waals surface area (Å²) in [4.78, 5) is 29.7. The average Bonchev–Trinajstić information content (AvgIpc) is 3.27. The van der Waals surface area contributed by atoms with Crippen molar-refractivity contribution in [2.75, 3.05) is 6.54 Å². The van der Waals surface area contributed by atoms with Crippen molar-refractivity contribution in [1.29, 1.82) is 0 Å². The molecule has 0 aliphatic heterocycles. The summed E-state index contributed by atoms with van der Waals surface area (Å²) >= 11 is 1.36. The van der Waals surface area contributed by atoms with Crippen molar-refractivity contribution < 1.29 is 14.7 Å².